The lowest BCUT2D eigenvalue weighted by atomic mass is 9.79. The Kier molecular flexibility index (Phi) is 10.7. The molecule has 126 valence electrons. The van der Waals surface area contributed by atoms with E-state index in [0.717, 1.165) is 24.1 Å². The van der Waals surface area contributed by atoms with Crippen LogP contribution >= 0.6 is 0 Å². The summed E-state index contributed by atoms with van der Waals surface area (Å²) in [6.07, 6.45) is 9.28. The van der Waals surface area contributed by atoms with Gasteiger partial charge in [-0.15, -0.1) is 0 Å². The van der Waals surface area contributed by atoms with Gasteiger partial charge in [0.2, 0.25) is 0 Å². The fourth-order valence-corrected chi connectivity index (χ4v) is 2.77. The number of rotatable bonds is 6. The van der Waals surface area contributed by atoms with E-state index < -0.39 is 0 Å². The zero-order valence-electron chi connectivity index (χ0n) is 15.5. The Morgan fingerprint density at radius 3 is 2.52 bits per heavy atom. The standard InChI is InChI=1S/C19H26N2.C2H6/c1-6-18-17(13-21-5)8-7-9-19(18)16(4)15(3)11-10-14(2)12-20;1-2/h6,10-11,17,21H,1,4,7-9,13H2,2-3,5H3;1-2H3/b14-10+,15-11+;. The van der Waals surface area contributed by atoms with Crippen LogP contribution in [-0.2, 0) is 0 Å². The van der Waals surface area contributed by atoms with Gasteiger partial charge in [-0.2, -0.15) is 5.26 Å². The van der Waals surface area contributed by atoms with E-state index in [4.69, 9.17) is 5.26 Å². The zero-order valence-corrected chi connectivity index (χ0v) is 15.5. The van der Waals surface area contributed by atoms with Crippen LogP contribution in [0.5, 0.6) is 0 Å². The van der Waals surface area contributed by atoms with E-state index in [0.29, 0.717) is 11.5 Å². The minimum atomic E-state index is 0.525. The van der Waals surface area contributed by atoms with Gasteiger partial charge in [0.15, 0.2) is 0 Å². The first-order valence-corrected chi connectivity index (χ1v) is 8.50. The minimum absolute atomic E-state index is 0.525. The highest BCUT2D eigenvalue weighted by molar-refractivity contribution is 5.51. The summed E-state index contributed by atoms with van der Waals surface area (Å²) in [5.74, 6) is 0.525. The van der Waals surface area contributed by atoms with Crippen molar-refractivity contribution in [3.05, 3.63) is 59.3 Å². The van der Waals surface area contributed by atoms with Crippen molar-refractivity contribution in [3.63, 3.8) is 0 Å². The molecule has 0 radical (unpaired) electrons. The van der Waals surface area contributed by atoms with Gasteiger partial charge in [0, 0.05) is 12.1 Å². The number of allylic oxidation sites excluding steroid dienone is 7. The summed E-state index contributed by atoms with van der Waals surface area (Å²) < 4.78 is 0. The molecule has 0 aromatic rings. The third-order valence-corrected chi connectivity index (χ3v) is 4.04. The number of hydrogen-bond acceptors (Lipinski definition) is 2. The molecular weight excluding hydrogens is 280 g/mol. The fourth-order valence-electron chi connectivity index (χ4n) is 2.77. The molecule has 0 aromatic carbocycles. The average Bonchev–Trinajstić information content (AvgIpc) is 2.60. The highest BCUT2D eigenvalue weighted by atomic mass is 14.8. The second-order valence-electron chi connectivity index (χ2n) is 5.57. The maximum absolute atomic E-state index is 8.81. The molecule has 2 heteroatoms. The van der Waals surface area contributed by atoms with E-state index >= 15 is 0 Å². The van der Waals surface area contributed by atoms with Crippen LogP contribution in [0.4, 0.5) is 0 Å². The van der Waals surface area contributed by atoms with Gasteiger partial charge in [0.25, 0.3) is 0 Å². The van der Waals surface area contributed by atoms with E-state index in [1.807, 2.05) is 46.0 Å². The molecule has 1 unspecified atom stereocenters. The van der Waals surface area contributed by atoms with Gasteiger partial charge >= 0.3 is 0 Å². The van der Waals surface area contributed by atoms with Crippen LogP contribution in [0.15, 0.2) is 59.3 Å². The van der Waals surface area contributed by atoms with Crippen molar-refractivity contribution in [3.8, 4) is 6.07 Å². The molecule has 0 saturated heterocycles. The van der Waals surface area contributed by atoms with E-state index in [1.165, 1.54) is 24.0 Å². The van der Waals surface area contributed by atoms with Crippen molar-refractivity contribution < 1.29 is 0 Å². The summed E-state index contributed by atoms with van der Waals surface area (Å²) in [6.45, 7) is 17.1. The molecule has 1 aliphatic carbocycles. The molecule has 1 N–H and O–H groups in total. The molecule has 2 nitrogen and oxygen atoms in total. The Labute approximate surface area is 143 Å². The number of hydrogen-bond donors (Lipinski definition) is 1. The number of nitriles is 1. The smallest absolute Gasteiger partial charge is 0.0944 e. The van der Waals surface area contributed by atoms with Gasteiger partial charge < -0.3 is 5.32 Å². The van der Waals surface area contributed by atoms with E-state index in [9.17, 15) is 0 Å². The molecule has 0 bridgehead atoms. The van der Waals surface area contributed by atoms with Gasteiger partial charge in [-0.3, -0.25) is 0 Å². The van der Waals surface area contributed by atoms with Crippen molar-refractivity contribution in [1.82, 2.24) is 5.32 Å². The van der Waals surface area contributed by atoms with Crippen LogP contribution in [0.25, 0.3) is 0 Å². The van der Waals surface area contributed by atoms with Crippen LogP contribution in [0, 0.1) is 17.2 Å². The van der Waals surface area contributed by atoms with Crippen LogP contribution in [0.1, 0.15) is 47.0 Å². The highest BCUT2D eigenvalue weighted by Gasteiger charge is 2.22. The SMILES string of the molecule is C=CC1=C(C(=C)/C(C)=C/C=C(\C)C#N)CCCC1CNC.CC. The maximum Gasteiger partial charge on any atom is 0.0944 e. The number of nitrogens with zero attached hydrogens (tertiary/aromatic N) is 1. The monoisotopic (exact) mass is 312 g/mol. The lowest BCUT2D eigenvalue weighted by molar-refractivity contribution is 0.489. The summed E-state index contributed by atoms with van der Waals surface area (Å²) >= 11 is 0. The largest absolute Gasteiger partial charge is 0.319 e. The van der Waals surface area contributed by atoms with Crippen molar-refractivity contribution in [2.75, 3.05) is 13.6 Å². The highest BCUT2D eigenvalue weighted by Crippen LogP contribution is 2.36. The van der Waals surface area contributed by atoms with E-state index in [1.54, 1.807) is 0 Å². The Balaban J connectivity index is 0.00000232. The van der Waals surface area contributed by atoms with Crippen LogP contribution in [0.3, 0.4) is 0 Å². The molecule has 0 fully saturated rings. The molecule has 0 spiro atoms. The first-order valence-electron chi connectivity index (χ1n) is 8.50. The van der Waals surface area contributed by atoms with Crippen LogP contribution < -0.4 is 5.32 Å². The van der Waals surface area contributed by atoms with Crippen molar-refractivity contribution in [2.45, 2.75) is 47.0 Å². The third kappa shape index (κ3) is 6.42. The summed E-state index contributed by atoms with van der Waals surface area (Å²) in [5.41, 5.74) is 5.55. The third-order valence-electron chi connectivity index (χ3n) is 4.04. The first kappa shape index (κ1) is 21.1. The normalized spacial score (nSPS) is 18.7. The van der Waals surface area contributed by atoms with Gasteiger partial charge in [-0.1, -0.05) is 39.2 Å². The summed E-state index contributed by atoms with van der Waals surface area (Å²) in [4.78, 5) is 0. The molecule has 0 aliphatic heterocycles. The number of nitrogens with one attached hydrogen (secondary N) is 1. The summed E-state index contributed by atoms with van der Waals surface area (Å²) in [7, 11) is 1.99. The predicted molar refractivity (Wildman–Crippen MR) is 102 cm³/mol. The molecule has 1 atom stereocenters. The predicted octanol–water partition coefficient (Wildman–Crippen LogP) is 5.49. The van der Waals surface area contributed by atoms with Crippen molar-refractivity contribution in [1.29, 1.82) is 5.26 Å². The first-order chi connectivity index (χ1) is 11.0. The fraction of sp³-hybridized carbons (Fsp3) is 0.476. The molecule has 0 aromatic heterocycles. The average molecular weight is 313 g/mol. The second kappa shape index (κ2) is 11.7. The van der Waals surface area contributed by atoms with Gasteiger partial charge in [-0.05, 0) is 74.4 Å². The van der Waals surface area contributed by atoms with Gasteiger partial charge in [0.1, 0.15) is 0 Å². The molecule has 0 amide bonds. The maximum atomic E-state index is 8.81. The quantitative estimate of drug-likeness (QED) is 0.520. The zero-order chi connectivity index (χ0) is 17.8. The molecule has 0 heterocycles. The summed E-state index contributed by atoms with van der Waals surface area (Å²) in [6, 6.07) is 2.13. The topological polar surface area (TPSA) is 35.8 Å². The molecule has 1 aliphatic rings. The van der Waals surface area contributed by atoms with Gasteiger partial charge in [-0.25, -0.2) is 0 Å². The second-order valence-corrected chi connectivity index (χ2v) is 5.57. The van der Waals surface area contributed by atoms with E-state index in [2.05, 4.69) is 31.5 Å². The lowest BCUT2D eigenvalue weighted by Crippen LogP contribution is -2.23. The van der Waals surface area contributed by atoms with E-state index in [-0.39, 0.29) is 0 Å². The Morgan fingerprint density at radius 1 is 1.35 bits per heavy atom. The Hall–Kier alpha value is -1.85. The molecular formula is C21H32N2. The van der Waals surface area contributed by atoms with Crippen molar-refractivity contribution in [2.24, 2.45) is 5.92 Å². The Bertz CT molecular complexity index is 539. The lowest BCUT2D eigenvalue weighted by Gasteiger charge is -2.28. The summed E-state index contributed by atoms with van der Waals surface area (Å²) in [5, 5.41) is 12.1. The van der Waals surface area contributed by atoms with Crippen LogP contribution in [0.2, 0.25) is 0 Å². The molecule has 23 heavy (non-hydrogen) atoms. The van der Waals surface area contributed by atoms with Crippen molar-refractivity contribution >= 4 is 0 Å². The van der Waals surface area contributed by atoms with Gasteiger partial charge in [0.05, 0.1) is 6.07 Å². The minimum Gasteiger partial charge on any atom is -0.319 e. The Morgan fingerprint density at radius 2 is 2.00 bits per heavy atom. The molecule has 1 rings (SSSR count). The van der Waals surface area contributed by atoms with Crippen LogP contribution in [-0.4, -0.2) is 13.6 Å². The molecule has 0 saturated carbocycles.